The van der Waals surface area contributed by atoms with E-state index in [0.717, 1.165) is 28.6 Å². The maximum atomic E-state index is 13.3. The number of aromatic nitrogens is 1. The number of hydrogen-bond donors (Lipinski definition) is 1. The fourth-order valence-electron chi connectivity index (χ4n) is 4.79. The molecule has 0 spiro atoms. The second-order valence-electron chi connectivity index (χ2n) is 8.45. The number of rotatable bonds is 4. The van der Waals surface area contributed by atoms with Gasteiger partial charge in [0.05, 0.1) is 12.7 Å². The molecule has 10 heteroatoms. The standard InChI is InChI=1S/C23H25N3O5S2/c1-31-23(28)16-4-5-19-17(13-16)18-14-25(9-8-20(18)24-19)22(27)15-6-10-26(11-7-15)33(29,30)21-3-2-12-32-21/h2-5,12-13,15,24H,6-11,14H2,1H3. The van der Waals surface area contributed by atoms with Crippen LogP contribution in [-0.4, -0.2) is 61.2 Å². The van der Waals surface area contributed by atoms with E-state index in [2.05, 4.69) is 4.98 Å². The summed E-state index contributed by atoms with van der Waals surface area (Å²) in [5, 5.41) is 2.69. The molecule has 174 valence electrons. The fraction of sp³-hybridized carbons (Fsp3) is 0.391. The number of benzene rings is 1. The van der Waals surface area contributed by atoms with Crippen LogP contribution in [0, 0.1) is 5.92 Å². The van der Waals surface area contributed by atoms with Crippen molar-refractivity contribution >= 4 is 44.1 Å². The first-order chi connectivity index (χ1) is 15.9. The topological polar surface area (TPSA) is 99.8 Å². The van der Waals surface area contributed by atoms with Crippen molar-refractivity contribution in [2.24, 2.45) is 5.92 Å². The van der Waals surface area contributed by atoms with Gasteiger partial charge in [0, 0.05) is 60.7 Å². The summed E-state index contributed by atoms with van der Waals surface area (Å²) in [6.45, 7) is 1.80. The molecule has 0 radical (unpaired) electrons. The Morgan fingerprint density at radius 2 is 1.94 bits per heavy atom. The number of thiophene rings is 1. The van der Waals surface area contributed by atoms with Crippen LogP contribution >= 0.6 is 11.3 Å². The Kier molecular flexibility index (Phi) is 5.75. The summed E-state index contributed by atoms with van der Waals surface area (Å²) in [7, 11) is -2.12. The molecule has 4 heterocycles. The number of aromatic amines is 1. The SMILES string of the molecule is COC(=O)c1ccc2[nH]c3c(c2c1)CN(C(=O)C1CCN(S(=O)(=O)c2cccs2)CC1)CC3. The molecule has 2 aromatic heterocycles. The molecule has 1 aromatic carbocycles. The van der Waals surface area contributed by atoms with Gasteiger partial charge in [-0.1, -0.05) is 6.07 Å². The van der Waals surface area contributed by atoms with Crippen LogP contribution in [0.15, 0.2) is 39.9 Å². The molecule has 33 heavy (non-hydrogen) atoms. The molecule has 1 fully saturated rings. The Bertz CT molecular complexity index is 1310. The van der Waals surface area contributed by atoms with Crippen LogP contribution in [-0.2, 0) is 32.5 Å². The summed E-state index contributed by atoms with van der Waals surface area (Å²) in [5.74, 6) is -0.496. The van der Waals surface area contributed by atoms with Crippen LogP contribution < -0.4 is 0 Å². The molecule has 0 atom stereocenters. The molecule has 1 saturated heterocycles. The smallest absolute Gasteiger partial charge is 0.337 e. The summed E-state index contributed by atoms with van der Waals surface area (Å²) in [6, 6.07) is 8.78. The van der Waals surface area contributed by atoms with Gasteiger partial charge in [-0.3, -0.25) is 4.79 Å². The van der Waals surface area contributed by atoms with Crippen molar-refractivity contribution in [2.75, 3.05) is 26.7 Å². The molecule has 0 unspecified atom stereocenters. The Hall–Kier alpha value is -2.69. The highest BCUT2D eigenvalue weighted by Crippen LogP contribution is 2.32. The van der Waals surface area contributed by atoms with E-state index < -0.39 is 10.0 Å². The van der Waals surface area contributed by atoms with Crippen LogP contribution in [0.25, 0.3) is 10.9 Å². The summed E-state index contributed by atoms with van der Waals surface area (Å²) in [6.07, 6.45) is 1.76. The normalized spacial score (nSPS) is 17.8. The van der Waals surface area contributed by atoms with Crippen molar-refractivity contribution in [2.45, 2.75) is 30.0 Å². The van der Waals surface area contributed by atoms with E-state index in [1.807, 2.05) is 17.0 Å². The Morgan fingerprint density at radius 3 is 2.64 bits per heavy atom. The number of hydrogen-bond acceptors (Lipinski definition) is 6. The van der Waals surface area contributed by atoms with Crippen molar-refractivity contribution in [1.82, 2.24) is 14.2 Å². The molecule has 3 aromatic rings. The third-order valence-corrected chi connectivity index (χ3v) is 9.87. The number of fused-ring (bicyclic) bond motifs is 3. The Balaban J connectivity index is 1.29. The van der Waals surface area contributed by atoms with Gasteiger partial charge in [0.1, 0.15) is 4.21 Å². The number of carbonyl (C=O) groups excluding carboxylic acids is 2. The van der Waals surface area contributed by atoms with Crippen molar-refractivity contribution in [3.05, 3.63) is 52.5 Å². The van der Waals surface area contributed by atoms with Crippen molar-refractivity contribution < 1.29 is 22.7 Å². The molecule has 5 rings (SSSR count). The maximum absolute atomic E-state index is 13.3. The Labute approximate surface area is 196 Å². The van der Waals surface area contributed by atoms with Crippen molar-refractivity contribution in [1.29, 1.82) is 0 Å². The number of amides is 1. The van der Waals surface area contributed by atoms with Gasteiger partial charge >= 0.3 is 5.97 Å². The average Bonchev–Trinajstić information content (AvgIpc) is 3.51. The lowest BCUT2D eigenvalue weighted by Crippen LogP contribution is -2.45. The third kappa shape index (κ3) is 3.96. The molecular formula is C23H25N3O5S2. The predicted molar refractivity (Wildman–Crippen MR) is 125 cm³/mol. The molecule has 0 aliphatic carbocycles. The van der Waals surface area contributed by atoms with Crippen LogP contribution in [0.3, 0.4) is 0 Å². The first-order valence-corrected chi connectivity index (χ1v) is 13.2. The molecule has 1 N–H and O–H groups in total. The monoisotopic (exact) mass is 487 g/mol. The van der Waals surface area contributed by atoms with Crippen LogP contribution in [0.1, 0.15) is 34.5 Å². The van der Waals surface area contributed by atoms with Gasteiger partial charge in [-0.15, -0.1) is 11.3 Å². The van der Waals surface area contributed by atoms with Crippen LogP contribution in [0.5, 0.6) is 0 Å². The number of sulfonamides is 1. The number of nitrogens with one attached hydrogen (secondary N) is 1. The highest BCUT2D eigenvalue weighted by Gasteiger charge is 2.35. The van der Waals surface area contributed by atoms with E-state index in [0.29, 0.717) is 48.8 Å². The summed E-state index contributed by atoms with van der Waals surface area (Å²) < 4.78 is 32.2. The van der Waals surface area contributed by atoms with Gasteiger partial charge in [-0.2, -0.15) is 4.31 Å². The van der Waals surface area contributed by atoms with E-state index >= 15 is 0 Å². The second kappa shape index (κ2) is 8.58. The van der Waals surface area contributed by atoms with Gasteiger partial charge < -0.3 is 14.6 Å². The summed E-state index contributed by atoms with van der Waals surface area (Å²) in [5.41, 5.74) is 3.55. The zero-order chi connectivity index (χ0) is 23.2. The highest BCUT2D eigenvalue weighted by molar-refractivity contribution is 7.91. The average molecular weight is 488 g/mol. The van der Waals surface area contributed by atoms with Gasteiger partial charge in [0.25, 0.3) is 10.0 Å². The number of methoxy groups -OCH3 is 1. The number of ether oxygens (including phenoxy) is 1. The minimum atomic E-state index is -3.48. The fourth-order valence-corrected chi connectivity index (χ4v) is 7.40. The largest absolute Gasteiger partial charge is 0.465 e. The predicted octanol–water partition coefficient (Wildman–Crippen LogP) is 3.00. The lowest BCUT2D eigenvalue weighted by Gasteiger charge is -2.35. The number of nitrogens with zero attached hydrogens (tertiary/aromatic N) is 2. The first-order valence-electron chi connectivity index (χ1n) is 10.9. The van der Waals surface area contributed by atoms with E-state index in [1.54, 1.807) is 23.6 Å². The molecule has 8 nitrogen and oxygen atoms in total. The number of piperidine rings is 1. The zero-order valence-electron chi connectivity index (χ0n) is 18.2. The number of esters is 1. The molecule has 2 aliphatic rings. The minimum Gasteiger partial charge on any atom is -0.465 e. The quantitative estimate of drug-likeness (QED) is 0.571. The van der Waals surface area contributed by atoms with Crippen molar-refractivity contribution in [3.63, 3.8) is 0 Å². The minimum absolute atomic E-state index is 0.0762. The molecular weight excluding hydrogens is 462 g/mol. The second-order valence-corrected chi connectivity index (χ2v) is 11.6. The van der Waals surface area contributed by atoms with Crippen LogP contribution in [0.4, 0.5) is 0 Å². The highest BCUT2D eigenvalue weighted by atomic mass is 32.2. The van der Waals surface area contributed by atoms with E-state index in [1.165, 1.54) is 22.8 Å². The third-order valence-electron chi connectivity index (χ3n) is 6.60. The first kappa shape index (κ1) is 22.1. The summed E-state index contributed by atoms with van der Waals surface area (Å²) in [4.78, 5) is 30.5. The van der Waals surface area contributed by atoms with Gasteiger partial charge in [-0.05, 0) is 42.5 Å². The Morgan fingerprint density at radius 1 is 1.15 bits per heavy atom. The van der Waals surface area contributed by atoms with Crippen molar-refractivity contribution in [3.8, 4) is 0 Å². The molecule has 1 amide bonds. The summed E-state index contributed by atoms with van der Waals surface area (Å²) >= 11 is 1.22. The van der Waals surface area contributed by atoms with E-state index in [9.17, 15) is 18.0 Å². The van der Waals surface area contributed by atoms with E-state index in [4.69, 9.17) is 4.74 Å². The lowest BCUT2D eigenvalue weighted by atomic mass is 9.94. The molecule has 0 bridgehead atoms. The molecule has 0 saturated carbocycles. The molecule has 2 aliphatic heterocycles. The zero-order valence-corrected chi connectivity index (χ0v) is 19.9. The van der Waals surface area contributed by atoms with Gasteiger partial charge in [0.15, 0.2) is 0 Å². The maximum Gasteiger partial charge on any atom is 0.337 e. The number of H-pyrrole nitrogens is 1. The van der Waals surface area contributed by atoms with Gasteiger partial charge in [-0.25, -0.2) is 13.2 Å². The lowest BCUT2D eigenvalue weighted by molar-refractivity contribution is -0.137. The van der Waals surface area contributed by atoms with Crippen LogP contribution in [0.2, 0.25) is 0 Å². The number of carbonyl (C=O) groups is 2. The van der Waals surface area contributed by atoms with E-state index in [-0.39, 0.29) is 17.8 Å². The van der Waals surface area contributed by atoms with Gasteiger partial charge in [0.2, 0.25) is 5.91 Å².